The highest BCUT2D eigenvalue weighted by atomic mass is 14.9. The molecule has 1 aromatic carbocycles. The van der Waals surface area contributed by atoms with Gasteiger partial charge in [-0.15, -0.1) is 0 Å². The molecule has 0 atom stereocenters. The van der Waals surface area contributed by atoms with Gasteiger partial charge in [-0.05, 0) is 18.6 Å². The highest BCUT2D eigenvalue weighted by Crippen LogP contribution is 2.31. The molecule has 0 amide bonds. The van der Waals surface area contributed by atoms with Gasteiger partial charge in [0.05, 0.1) is 11.3 Å². The maximum Gasteiger partial charge on any atom is 0.148 e. The fourth-order valence-electron chi connectivity index (χ4n) is 2.19. The standard InChI is InChI=1S/C17H12N4/c1-12-3-5-13(6-4-12)17-15(7-8-21(17)2)16(11-20)14(9-18)10-19/h3-8H,1-2H3. The van der Waals surface area contributed by atoms with Crippen molar-refractivity contribution in [2.24, 2.45) is 7.05 Å². The van der Waals surface area contributed by atoms with Gasteiger partial charge in [0, 0.05) is 18.8 Å². The van der Waals surface area contributed by atoms with Crippen LogP contribution in [0.15, 0.2) is 42.1 Å². The molecule has 0 radical (unpaired) electrons. The van der Waals surface area contributed by atoms with Crippen LogP contribution in [0.5, 0.6) is 0 Å². The Bertz CT molecular complexity index is 815. The van der Waals surface area contributed by atoms with E-state index in [9.17, 15) is 5.26 Å². The van der Waals surface area contributed by atoms with Gasteiger partial charge in [-0.2, -0.15) is 15.8 Å². The number of allylic oxidation sites excluding steroid dienone is 2. The number of hydrogen-bond acceptors (Lipinski definition) is 3. The van der Waals surface area contributed by atoms with E-state index in [4.69, 9.17) is 10.5 Å². The molecule has 4 nitrogen and oxygen atoms in total. The highest BCUT2D eigenvalue weighted by Gasteiger charge is 2.17. The molecule has 0 aliphatic carbocycles. The van der Waals surface area contributed by atoms with Crippen molar-refractivity contribution in [3.63, 3.8) is 0 Å². The first kappa shape index (κ1) is 14.1. The van der Waals surface area contributed by atoms with Crippen molar-refractivity contribution in [2.75, 3.05) is 0 Å². The van der Waals surface area contributed by atoms with E-state index < -0.39 is 0 Å². The second kappa shape index (κ2) is 5.78. The number of nitrogens with zero attached hydrogens (tertiary/aromatic N) is 4. The van der Waals surface area contributed by atoms with Crippen molar-refractivity contribution in [1.29, 1.82) is 15.8 Å². The third-order valence-electron chi connectivity index (χ3n) is 3.25. The summed E-state index contributed by atoms with van der Waals surface area (Å²) in [5.74, 6) is 0. The Hall–Kier alpha value is -3.29. The van der Waals surface area contributed by atoms with Crippen molar-refractivity contribution < 1.29 is 0 Å². The van der Waals surface area contributed by atoms with Crippen LogP contribution >= 0.6 is 0 Å². The van der Waals surface area contributed by atoms with Crippen LogP contribution in [0.3, 0.4) is 0 Å². The Labute approximate surface area is 123 Å². The van der Waals surface area contributed by atoms with Gasteiger partial charge >= 0.3 is 0 Å². The quantitative estimate of drug-likeness (QED) is 0.787. The van der Waals surface area contributed by atoms with Crippen LogP contribution in [0.4, 0.5) is 0 Å². The molecule has 0 spiro atoms. The summed E-state index contributed by atoms with van der Waals surface area (Å²) in [5, 5.41) is 27.3. The van der Waals surface area contributed by atoms with Gasteiger partial charge in [0.15, 0.2) is 0 Å². The third-order valence-corrected chi connectivity index (χ3v) is 3.25. The molecule has 0 saturated carbocycles. The predicted octanol–water partition coefficient (Wildman–Crippen LogP) is 3.32. The van der Waals surface area contributed by atoms with Gasteiger partial charge in [0.1, 0.15) is 23.8 Å². The summed E-state index contributed by atoms with van der Waals surface area (Å²) >= 11 is 0. The lowest BCUT2D eigenvalue weighted by Gasteiger charge is -2.08. The minimum atomic E-state index is -0.169. The first-order valence-electron chi connectivity index (χ1n) is 6.29. The van der Waals surface area contributed by atoms with E-state index in [1.165, 1.54) is 0 Å². The maximum atomic E-state index is 9.32. The number of rotatable bonds is 2. The van der Waals surface area contributed by atoms with Crippen LogP contribution in [0.25, 0.3) is 16.8 Å². The smallest absolute Gasteiger partial charge is 0.148 e. The Morgan fingerprint density at radius 1 is 0.952 bits per heavy atom. The van der Waals surface area contributed by atoms with Crippen LogP contribution in [-0.2, 0) is 7.05 Å². The zero-order chi connectivity index (χ0) is 15.4. The average molecular weight is 272 g/mol. The van der Waals surface area contributed by atoms with Gasteiger partial charge in [0.2, 0.25) is 0 Å². The topological polar surface area (TPSA) is 76.3 Å². The van der Waals surface area contributed by atoms with Gasteiger partial charge in [-0.3, -0.25) is 0 Å². The monoisotopic (exact) mass is 272 g/mol. The van der Waals surface area contributed by atoms with Crippen LogP contribution in [0.2, 0.25) is 0 Å². The molecule has 0 saturated heterocycles. The number of benzene rings is 1. The lowest BCUT2D eigenvalue weighted by atomic mass is 9.98. The third kappa shape index (κ3) is 2.54. The Morgan fingerprint density at radius 3 is 2.10 bits per heavy atom. The molecule has 0 bridgehead atoms. The number of aromatic nitrogens is 1. The van der Waals surface area contributed by atoms with Gasteiger partial charge in [-0.25, -0.2) is 0 Å². The molecule has 2 rings (SSSR count). The first-order valence-corrected chi connectivity index (χ1v) is 6.29. The van der Waals surface area contributed by atoms with E-state index in [-0.39, 0.29) is 11.1 Å². The normalized spacial score (nSPS) is 9.29. The number of aryl methyl sites for hydroxylation is 2. The molecule has 21 heavy (non-hydrogen) atoms. The lowest BCUT2D eigenvalue weighted by molar-refractivity contribution is 0.936. The molecule has 1 aromatic heterocycles. The Morgan fingerprint density at radius 2 is 1.57 bits per heavy atom. The van der Waals surface area contributed by atoms with Crippen molar-refractivity contribution in [3.8, 4) is 29.5 Å². The summed E-state index contributed by atoms with van der Waals surface area (Å²) in [5.41, 5.74) is 3.43. The fourth-order valence-corrected chi connectivity index (χ4v) is 2.19. The molecule has 4 heteroatoms. The summed E-state index contributed by atoms with van der Waals surface area (Å²) in [7, 11) is 1.87. The number of hydrogen-bond donors (Lipinski definition) is 0. The summed E-state index contributed by atoms with van der Waals surface area (Å²) in [6, 6.07) is 15.2. The van der Waals surface area contributed by atoms with E-state index in [0.717, 1.165) is 16.8 Å². The van der Waals surface area contributed by atoms with Crippen LogP contribution < -0.4 is 0 Å². The van der Waals surface area contributed by atoms with Gasteiger partial charge in [0.25, 0.3) is 0 Å². The maximum absolute atomic E-state index is 9.32. The van der Waals surface area contributed by atoms with Gasteiger partial charge in [-0.1, -0.05) is 29.8 Å². The molecule has 0 aliphatic rings. The Balaban J connectivity index is 2.73. The van der Waals surface area contributed by atoms with Crippen molar-refractivity contribution in [3.05, 3.63) is 53.2 Å². The number of nitriles is 3. The SMILES string of the molecule is Cc1ccc(-c2c(C(C#N)=C(C#N)C#N)ccn2C)cc1. The molecular weight excluding hydrogens is 260 g/mol. The summed E-state index contributed by atoms with van der Waals surface area (Å²) in [6.45, 7) is 2.00. The average Bonchev–Trinajstić information content (AvgIpc) is 2.87. The fraction of sp³-hybridized carbons (Fsp3) is 0.118. The lowest BCUT2D eigenvalue weighted by Crippen LogP contribution is -1.94. The van der Waals surface area contributed by atoms with Crippen molar-refractivity contribution in [2.45, 2.75) is 6.92 Å². The van der Waals surface area contributed by atoms with Gasteiger partial charge < -0.3 is 4.57 Å². The minimum Gasteiger partial charge on any atom is -0.350 e. The van der Waals surface area contributed by atoms with Crippen LogP contribution in [-0.4, -0.2) is 4.57 Å². The second-order valence-electron chi connectivity index (χ2n) is 4.64. The van der Waals surface area contributed by atoms with E-state index in [0.29, 0.717) is 5.56 Å². The molecular formula is C17H12N4. The minimum absolute atomic E-state index is 0.108. The molecule has 100 valence electrons. The molecule has 2 aromatic rings. The zero-order valence-corrected chi connectivity index (χ0v) is 11.8. The van der Waals surface area contributed by atoms with E-state index in [2.05, 4.69) is 0 Å². The van der Waals surface area contributed by atoms with Crippen LogP contribution in [0.1, 0.15) is 11.1 Å². The van der Waals surface area contributed by atoms with E-state index in [1.807, 2.05) is 55.1 Å². The Kier molecular flexibility index (Phi) is 3.89. The molecule has 0 aliphatic heterocycles. The molecule has 0 fully saturated rings. The molecule has 0 unspecified atom stereocenters. The predicted molar refractivity (Wildman–Crippen MR) is 79.3 cm³/mol. The summed E-state index contributed by atoms with van der Waals surface area (Å²) in [4.78, 5) is 0. The van der Waals surface area contributed by atoms with Crippen molar-refractivity contribution in [1.82, 2.24) is 4.57 Å². The van der Waals surface area contributed by atoms with E-state index in [1.54, 1.807) is 18.2 Å². The van der Waals surface area contributed by atoms with E-state index >= 15 is 0 Å². The highest BCUT2D eigenvalue weighted by molar-refractivity contribution is 5.90. The zero-order valence-electron chi connectivity index (χ0n) is 11.8. The van der Waals surface area contributed by atoms with Crippen molar-refractivity contribution >= 4 is 5.57 Å². The summed E-state index contributed by atoms with van der Waals surface area (Å²) < 4.78 is 1.88. The summed E-state index contributed by atoms with van der Waals surface area (Å²) in [6.07, 6.45) is 1.81. The molecule has 0 N–H and O–H groups in total. The first-order chi connectivity index (χ1) is 10.1. The largest absolute Gasteiger partial charge is 0.350 e. The molecule has 1 heterocycles. The van der Waals surface area contributed by atoms with Crippen LogP contribution in [0, 0.1) is 40.9 Å². The second-order valence-corrected chi connectivity index (χ2v) is 4.64.